The molecule has 0 spiro atoms. The van der Waals surface area contributed by atoms with Crippen molar-refractivity contribution in [1.29, 1.82) is 0 Å². The predicted octanol–water partition coefficient (Wildman–Crippen LogP) is 3.55. The van der Waals surface area contributed by atoms with E-state index in [4.69, 9.17) is 0 Å². The highest BCUT2D eigenvalue weighted by Gasteiger charge is 2.33. The molecule has 17 heavy (non-hydrogen) atoms. The Kier molecular flexibility index (Phi) is 2.56. The highest BCUT2D eigenvalue weighted by molar-refractivity contribution is 6.12. The Morgan fingerprint density at radius 2 is 1.94 bits per heavy atom. The number of carbonyl (C=O) groups is 1. The van der Waals surface area contributed by atoms with Crippen LogP contribution in [-0.4, -0.2) is 12.0 Å². The van der Waals surface area contributed by atoms with Gasteiger partial charge in [-0.05, 0) is 24.6 Å². The second-order valence-corrected chi connectivity index (χ2v) is 4.12. The van der Waals surface area contributed by atoms with Crippen molar-refractivity contribution in [2.24, 2.45) is 10.9 Å². The summed E-state index contributed by atoms with van der Waals surface area (Å²) in [4.78, 5) is 15.8. The van der Waals surface area contributed by atoms with Crippen molar-refractivity contribution in [2.45, 2.75) is 20.0 Å². The Bertz CT molecular complexity index is 517. The summed E-state index contributed by atoms with van der Waals surface area (Å²) in [7, 11) is 0. The molecule has 1 heterocycles. The molecule has 0 bridgehead atoms. The van der Waals surface area contributed by atoms with Crippen LogP contribution in [0.5, 0.6) is 0 Å². The number of rotatable bonds is 0. The summed E-state index contributed by atoms with van der Waals surface area (Å²) in [6.07, 6.45) is -2.98. The zero-order valence-electron chi connectivity index (χ0n) is 9.30. The van der Waals surface area contributed by atoms with Gasteiger partial charge in [0.2, 0.25) is 0 Å². The molecule has 1 aliphatic heterocycles. The van der Waals surface area contributed by atoms with E-state index >= 15 is 0 Å². The Balaban J connectivity index is 2.65. The van der Waals surface area contributed by atoms with Gasteiger partial charge in [-0.1, -0.05) is 6.92 Å². The lowest BCUT2D eigenvalue weighted by Crippen LogP contribution is -2.18. The Morgan fingerprint density at radius 1 is 1.29 bits per heavy atom. The van der Waals surface area contributed by atoms with Gasteiger partial charge in [-0.15, -0.1) is 0 Å². The minimum atomic E-state index is -4.44. The molecule has 5 heteroatoms. The molecule has 0 radical (unpaired) electrons. The molecule has 0 saturated heterocycles. The van der Waals surface area contributed by atoms with Gasteiger partial charge in [-0.25, -0.2) is 0 Å². The monoisotopic (exact) mass is 241 g/mol. The van der Waals surface area contributed by atoms with Crippen molar-refractivity contribution in [3.63, 3.8) is 0 Å². The molecule has 1 atom stereocenters. The quantitative estimate of drug-likeness (QED) is 0.683. The largest absolute Gasteiger partial charge is 0.416 e. The first-order chi connectivity index (χ1) is 7.80. The number of carbonyl (C=O) groups excluding carboxylic acids is 1. The number of hydrogen-bond acceptors (Lipinski definition) is 2. The molecule has 90 valence electrons. The number of aliphatic imine (C=N–C) groups is 1. The molecule has 1 aromatic carbocycles. The number of halogens is 3. The maximum Gasteiger partial charge on any atom is 0.416 e. The molecule has 2 nitrogen and oxygen atoms in total. The van der Waals surface area contributed by atoms with Gasteiger partial charge in [0.1, 0.15) is 0 Å². The number of benzene rings is 1. The van der Waals surface area contributed by atoms with Crippen LogP contribution in [0.15, 0.2) is 17.1 Å². The van der Waals surface area contributed by atoms with Crippen LogP contribution >= 0.6 is 0 Å². The van der Waals surface area contributed by atoms with Gasteiger partial charge < -0.3 is 0 Å². The van der Waals surface area contributed by atoms with Crippen LogP contribution in [0.3, 0.4) is 0 Å². The summed E-state index contributed by atoms with van der Waals surface area (Å²) in [5.41, 5.74) is -0.0221. The predicted molar refractivity (Wildman–Crippen MR) is 57.8 cm³/mol. The number of Topliss-reactive ketones (excluding diaryl/α,β-unsaturated/α-hetero) is 1. The third kappa shape index (κ3) is 1.97. The highest BCUT2D eigenvalue weighted by Crippen LogP contribution is 2.37. The minimum absolute atomic E-state index is 0.0623. The van der Waals surface area contributed by atoms with E-state index in [1.54, 1.807) is 6.92 Å². The van der Waals surface area contributed by atoms with Crippen LogP contribution in [0.25, 0.3) is 0 Å². The van der Waals surface area contributed by atoms with Gasteiger partial charge in [0.15, 0.2) is 5.78 Å². The normalized spacial score (nSPS) is 19.4. The number of hydrogen-bond donors (Lipinski definition) is 0. The van der Waals surface area contributed by atoms with E-state index in [0.717, 1.165) is 12.1 Å². The minimum Gasteiger partial charge on any atom is -0.293 e. The van der Waals surface area contributed by atoms with Crippen molar-refractivity contribution in [2.75, 3.05) is 0 Å². The summed E-state index contributed by atoms with van der Waals surface area (Å²) >= 11 is 0. The number of nitrogens with zero attached hydrogens (tertiary/aromatic N) is 1. The van der Waals surface area contributed by atoms with Crippen molar-refractivity contribution >= 4 is 17.7 Å². The van der Waals surface area contributed by atoms with Crippen LogP contribution in [0, 0.1) is 12.8 Å². The maximum atomic E-state index is 12.6. The fraction of sp³-hybridized carbons (Fsp3) is 0.333. The van der Waals surface area contributed by atoms with Gasteiger partial charge in [0.05, 0.1) is 17.2 Å². The first-order valence-electron chi connectivity index (χ1n) is 5.11. The van der Waals surface area contributed by atoms with Gasteiger partial charge in [0.25, 0.3) is 0 Å². The van der Waals surface area contributed by atoms with Gasteiger partial charge >= 0.3 is 6.18 Å². The smallest absolute Gasteiger partial charge is 0.293 e. The number of alkyl halides is 3. The summed E-state index contributed by atoms with van der Waals surface area (Å²) in [6.45, 7) is 3.14. The molecule has 1 aromatic rings. The zero-order chi connectivity index (χ0) is 12.8. The van der Waals surface area contributed by atoms with Crippen LogP contribution in [0.2, 0.25) is 0 Å². The molecule has 1 aliphatic rings. The molecule has 0 fully saturated rings. The van der Waals surface area contributed by atoms with Crippen LogP contribution in [0.4, 0.5) is 18.9 Å². The fourth-order valence-electron chi connectivity index (χ4n) is 1.80. The zero-order valence-corrected chi connectivity index (χ0v) is 9.30. The Labute approximate surface area is 96.2 Å². The second kappa shape index (κ2) is 3.68. The van der Waals surface area contributed by atoms with E-state index in [9.17, 15) is 18.0 Å². The number of ketones is 1. The highest BCUT2D eigenvalue weighted by atomic mass is 19.4. The van der Waals surface area contributed by atoms with Crippen LogP contribution in [0.1, 0.15) is 28.4 Å². The third-order valence-corrected chi connectivity index (χ3v) is 2.73. The standard InChI is InChI=1S/C12H10F3NO/c1-6-3-8(12(13,14)15)4-9-10(6)16-5-7(2)11(9)17/h3-5,7H,1-2H3. The van der Waals surface area contributed by atoms with Crippen molar-refractivity contribution in [1.82, 2.24) is 0 Å². The molecule has 0 saturated carbocycles. The third-order valence-electron chi connectivity index (χ3n) is 2.73. The molecule has 0 aliphatic carbocycles. The molecule has 0 aromatic heterocycles. The second-order valence-electron chi connectivity index (χ2n) is 4.12. The fourth-order valence-corrected chi connectivity index (χ4v) is 1.80. The Hall–Kier alpha value is -1.65. The number of fused-ring (bicyclic) bond motifs is 1. The van der Waals surface area contributed by atoms with Gasteiger partial charge in [0, 0.05) is 11.8 Å². The van der Waals surface area contributed by atoms with Gasteiger partial charge in [-0.3, -0.25) is 9.79 Å². The molecule has 2 rings (SSSR count). The van der Waals surface area contributed by atoms with E-state index in [0.29, 0.717) is 11.3 Å². The van der Waals surface area contributed by atoms with Crippen LogP contribution < -0.4 is 0 Å². The van der Waals surface area contributed by atoms with E-state index < -0.39 is 17.7 Å². The van der Waals surface area contributed by atoms with Crippen LogP contribution in [-0.2, 0) is 6.18 Å². The van der Waals surface area contributed by atoms with E-state index in [1.165, 1.54) is 13.1 Å². The van der Waals surface area contributed by atoms with Crippen molar-refractivity contribution < 1.29 is 18.0 Å². The first kappa shape index (κ1) is 11.8. The molecular formula is C12H10F3NO. The lowest BCUT2D eigenvalue weighted by atomic mass is 9.92. The van der Waals surface area contributed by atoms with E-state index in [2.05, 4.69) is 4.99 Å². The molecule has 1 unspecified atom stereocenters. The topological polar surface area (TPSA) is 29.4 Å². The summed E-state index contributed by atoms with van der Waals surface area (Å²) in [6, 6.07) is 1.90. The van der Waals surface area contributed by atoms with Gasteiger partial charge in [-0.2, -0.15) is 13.2 Å². The first-order valence-corrected chi connectivity index (χ1v) is 5.11. The molecule has 0 amide bonds. The summed E-state index contributed by atoms with van der Waals surface area (Å²) in [5.74, 6) is -0.783. The summed E-state index contributed by atoms with van der Waals surface area (Å²) in [5, 5.41) is 0. The van der Waals surface area contributed by atoms with E-state index in [1.807, 2.05) is 0 Å². The molecule has 0 N–H and O–H groups in total. The maximum absolute atomic E-state index is 12.6. The van der Waals surface area contributed by atoms with E-state index in [-0.39, 0.29) is 11.3 Å². The summed E-state index contributed by atoms with van der Waals surface area (Å²) < 4.78 is 37.8. The average Bonchev–Trinajstić information content (AvgIpc) is 2.22. The lowest BCUT2D eigenvalue weighted by molar-refractivity contribution is -0.137. The van der Waals surface area contributed by atoms with Crippen molar-refractivity contribution in [3.05, 3.63) is 28.8 Å². The average molecular weight is 241 g/mol. The lowest BCUT2D eigenvalue weighted by Gasteiger charge is -2.18. The molecular weight excluding hydrogens is 231 g/mol. The number of aryl methyl sites for hydroxylation is 1. The SMILES string of the molecule is Cc1cc(C(F)(F)F)cc2c1N=CC(C)C2=O. The van der Waals surface area contributed by atoms with Crippen molar-refractivity contribution in [3.8, 4) is 0 Å². The Morgan fingerprint density at radius 3 is 2.53 bits per heavy atom.